The molecule has 4 rings (SSSR count). The van der Waals surface area contributed by atoms with Crippen LogP contribution < -0.4 is 5.73 Å². The van der Waals surface area contributed by atoms with E-state index in [2.05, 4.69) is 20.2 Å². The second-order valence-electron chi connectivity index (χ2n) is 6.73. The number of nitrogens with two attached hydrogens (primary N) is 1. The molecule has 0 bridgehead atoms. The smallest absolute Gasteiger partial charge is 0.231 e. The number of nitrogens with zero attached hydrogens (tertiary/aromatic N) is 4. The van der Waals surface area contributed by atoms with Crippen molar-refractivity contribution in [2.75, 3.05) is 0 Å². The summed E-state index contributed by atoms with van der Waals surface area (Å²) in [5.74, 6) is -1.07. The molecular formula is C23H19N5O. The summed E-state index contributed by atoms with van der Waals surface area (Å²) in [6, 6.07) is 17.2. The van der Waals surface area contributed by atoms with Crippen LogP contribution in [0.15, 0.2) is 79.4 Å². The van der Waals surface area contributed by atoms with Gasteiger partial charge < -0.3 is 5.73 Å². The maximum atomic E-state index is 12.3. The molecule has 0 aliphatic carbocycles. The normalized spacial score (nSPS) is 11.8. The van der Waals surface area contributed by atoms with Gasteiger partial charge in [-0.15, -0.1) is 0 Å². The van der Waals surface area contributed by atoms with Gasteiger partial charge in [0, 0.05) is 23.5 Å². The van der Waals surface area contributed by atoms with E-state index in [4.69, 9.17) is 5.73 Å². The molecule has 0 spiro atoms. The number of hydrogen-bond donors (Lipinski definition) is 1. The Hall–Kier alpha value is -3.93. The average Bonchev–Trinajstić information content (AvgIpc) is 2.75. The molecule has 1 atom stereocenters. The van der Waals surface area contributed by atoms with E-state index in [1.807, 2.05) is 61.5 Å². The first kappa shape index (κ1) is 18.4. The fourth-order valence-electron chi connectivity index (χ4n) is 3.38. The van der Waals surface area contributed by atoms with E-state index in [-0.39, 0.29) is 0 Å². The molecule has 2 N–H and O–H groups in total. The predicted molar refractivity (Wildman–Crippen MR) is 111 cm³/mol. The lowest BCUT2D eigenvalue weighted by atomic mass is 9.90. The van der Waals surface area contributed by atoms with E-state index in [0.717, 1.165) is 33.5 Å². The Bertz CT molecular complexity index is 1130. The number of hydrogen-bond acceptors (Lipinski definition) is 5. The Labute approximate surface area is 168 Å². The van der Waals surface area contributed by atoms with E-state index < -0.39 is 11.8 Å². The van der Waals surface area contributed by atoms with Gasteiger partial charge in [0.1, 0.15) is 5.92 Å². The monoisotopic (exact) mass is 381 g/mol. The van der Waals surface area contributed by atoms with Crippen molar-refractivity contribution in [1.29, 1.82) is 0 Å². The molecule has 0 radical (unpaired) electrons. The van der Waals surface area contributed by atoms with Gasteiger partial charge in [-0.25, -0.2) is 0 Å². The zero-order chi connectivity index (χ0) is 20.2. The van der Waals surface area contributed by atoms with E-state index in [1.54, 1.807) is 24.8 Å². The predicted octanol–water partition coefficient (Wildman–Crippen LogP) is 3.53. The number of aryl methyl sites for hydroxylation is 1. The van der Waals surface area contributed by atoms with Crippen molar-refractivity contribution < 1.29 is 4.79 Å². The van der Waals surface area contributed by atoms with Gasteiger partial charge in [-0.05, 0) is 53.9 Å². The minimum Gasteiger partial charge on any atom is -0.369 e. The minimum atomic E-state index is -0.629. The molecule has 6 nitrogen and oxygen atoms in total. The van der Waals surface area contributed by atoms with Gasteiger partial charge in [0.25, 0.3) is 0 Å². The third-order valence-corrected chi connectivity index (χ3v) is 4.81. The summed E-state index contributed by atoms with van der Waals surface area (Å²) in [5, 5.41) is 7.74. The standard InChI is InChI=1S/C23H19N5O/c1-15-12-16(5-7-19(15)17-9-11-27-28-14-17)22(23(24)29)21-8-6-18(13-26-21)20-4-2-3-10-25-20/h2-14,22H,1H3,(H2,24,29). The van der Waals surface area contributed by atoms with Gasteiger partial charge in [-0.2, -0.15) is 10.2 Å². The molecule has 4 aromatic rings. The summed E-state index contributed by atoms with van der Waals surface area (Å²) in [5.41, 5.74) is 11.9. The van der Waals surface area contributed by atoms with Crippen molar-refractivity contribution in [3.05, 3.63) is 96.2 Å². The number of aromatic nitrogens is 4. The van der Waals surface area contributed by atoms with Crippen LogP contribution in [-0.4, -0.2) is 26.1 Å². The lowest BCUT2D eigenvalue weighted by Gasteiger charge is -2.16. The molecule has 29 heavy (non-hydrogen) atoms. The van der Waals surface area contributed by atoms with E-state index in [0.29, 0.717) is 5.69 Å². The largest absolute Gasteiger partial charge is 0.369 e. The van der Waals surface area contributed by atoms with Crippen LogP contribution in [0.1, 0.15) is 22.7 Å². The van der Waals surface area contributed by atoms with Crippen LogP contribution in [0.4, 0.5) is 0 Å². The Morgan fingerprint density at radius 1 is 0.897 bits per heavy atom. The first-order chi connectivity index (χ1) is 14.1. The molecule has 0 aliphatic rings. The number of rotatable bonds is 5. The molecule has 0 fully saturated rings. The molecule has 3 aromatic heterocycles. The summed E-state index contributed by atoms with van der Waals surface area (Å²) >= 11 is 0. The highest BCUT2D eigenvalue weighted by Gasteiger charge is 2.22. The Morgan fingerprint density at radius 3 is 2.41 bits per heavy atom. The van der Waals surface area contributed by atoms with Gasteiger partial charge in [0.15, 0.2) is 0 Å². The van der Waals surface area contributed by atoms with E-state index >= 15 is 0 Å². The maximum Gasteiger partial charge on any atom is 0.231 e. The molecule has 1 amide bonds. The van der Waals surface area contributed by atoms with Crippen LogP contribution in [0.25, 0.3) is 22.4 Å². The molecule has 142 valence electrons. The second-order valence-corrected chi connectivity index (χ2v) is 6.73. The summed E-state index contributed by atoms with van der Waals surface area (Å²) < 4.78 is 0. The highest BCUT2D eigenvalue weighted by Crippen LogP contribution is 2.29. The van der Waals surface area contributed by atoms with Crippen molar-refractivity contribution in [3.8, 4) is 22.4 Å². The zero-order valence-corrected chi connectivity index (χ0v) is 15.9. The molecule has 0 aliphatic heterocycles. The minimum absolute atomic E-state index is 0.444. The van der Waals surface area contributed by atoms with Gasteiger partial charge in [-0.1, -0.05) is 24.3 Å². The summed E-state index contributed by atoms with van der Waals surface area (Å²) in [6.07, 6.45) is 6.82. The zero-order valence-electron chi connectivity index (χ0n) is 15.9. The second kappa shape index (κ2) is 7.98. The molecular weight excluding hydrogens is 362 g/mol. The number of amides is 1. The number of benzene rings is 1. The maximum absolute atomic E-state index is 12.3. The van der Waals surface area contributed by atoms with E-state index in [9.17, 15) is 4.79 Å². The van der Waals surface area contributed by atoms with Crippen molar-refractivity contribution in [1.82, 2.24) is 20.2 Å². The number of pyridine rings is 2. The molecule has 3 heterocycles. The van der Waals surface area contributed by atoms with Crippen LogP contribution in [0, 0.1) is 6.92 Å². The highest BCUT2D eigenvalue weighted by atomic mass is 16.1. The first-order valence-corrected chi connectivity index (χ1v) is 9.18. The van der Waals surface area contributed by atoms with Crippen LogP contribution >= 0.6 is 0 Å². The van der Waals surface area contributed by atoms with Crippen LogP contribution in [0.2, 0.25) is 0 Å². The van der Waals surface area contributed by atoms with Crippen molar-refractivity contribution in [3.63, 3.8) is 0 Å². The van der Waals surface area contributed by atoms with Crippen molar-refractivity contribution >= 4 is 5.91 Å². The highest BCUT2D eigenvalue weighted by molar-refractivity contribution is 5.85. The van der Waals surface area contributed by atoms with Crippen LogP contribution in [0.5, 0.6) is 0 Å². The van der Waals surface area contributed by atoms with Crippen molar-refractivity contribution in [2.24, 2.45) is 5.73 Å². The molecule has 1 unspecified atom stereocenters. The fourth-order valence-corrected chi connectivity index (χ4v) is 3.38. The van der Waals surface area contributed by atoms with Gasteiger partial charge in [0.2, 0.25) is 5.91 Å². The number of carbonyl (C=O) groups excluding carboxylic acids is 1. The Morgan fingerprint density at radius 2 is 1.79 bits per heavy atom. The molecule has 0 saturated heterocycles. The molecule has 1 aromatic carbocycles. The summed E-state index contributed by atoms with van der Waals surface area (Å²) in [4.78, 5) is 21.1. The average molecular weight is 381 g/mol. The third-order valence-electron chi connectivity index (χ3n) is 4.81. The van der Waals surface area contributed by atoms with Crippen molar-refractivity contribution in [2.45, 2.75) is 12.8 Å². The SMILES string of the molecule is Cc1cc(C(C(N)=O)c2ccc(-c3ccccn3)cn2)ccc1-c1ccnnc1. The molecule has 6 heteroatoms. The topological polar surface area (TPSA) is 94.7 Å². The number of carbonyl (C=O) groups is 1. The Balaban J connectivity index is 1.68. The number of primary amides is 1. The lowest BCUT2D eigenvalue weighted by Crippen LogP contribution is -2.23. The van der Waals surface area contributed by atoms with Gasteiger partial charge >= 0.3 is 0 Å². The van der Waals surface area contributed by atoms with Gasteiger partial charge in [-0.3, -0.25) is 14.8 Å². The summed E-state index contributed by atoms with van der Waals surface area (Å²) in [7, 11) is 0. The van der Waals surface area contributed by atoms with E-state index in [1.165, 1.54) is 0 Å². The lowest BCUT2D eigenvalue weighted by molar-refractivity contribution is -0.118. The Kier molecular flexibility index (Phi) is 5.07. The van der Waals surface area contributed by atoms with Gasteiger partial charge in [0.05, 0.1) is 23.8 Å². The third kappa shape index (κ3) is 3.87. The first-order valence-electron chi connectivity index (χ1n) is 9.18. The van der Waals surface area contributed by atoms with Crippen LogP contribution in [0.3, 0.4) is 0 Å². The molecule has 0 saturated carbocycles. The van der Waals surface area contributed by atoms with Crippen LogP contribution in [-0.2, 0) is 4.79 Å². The summed E-state index contributed by atoms with van der Waals surface area (Å²) in [6.45, 7) is 1.99. The quantitative estimate of drug-likeness (QED) is 0.571. The fraction of sp³-hybridized carbons (Fsp3) is 0.0870.